The lowest BCUT2D eigenvalue weighted by Gasteiger charge is -2.11. The molecule has 37 heavy (non-hydrogen) atoms. The Morgan fingerprint density at radius 1 is 0.946 bits per heavy atom. The molecule has 0 spiro atoms. The third-order valence-electron chi connectivity index (χ3n) is 5.98. The molecule has 1 aromatic carbocycles. The molecule has 5 heterocycles. The molecule has 0 fully saturated rings. The van der Waals surface area contributed by atoms with Gasteiger partial charge in [-0.05, 0) is 50.5 Å². The Hall–Kier alpha value is -4.70. The van der Waals surface area contributed by atoms with Gasteiger partial charge in [0.15, 0.2) is 11.5 Å². The van der Waals surface area contributed by atoms with Crippen LogP contribution in [0.15, 0.2) is 67.1 Å². The van der Waals surface area contributed by atoms with Crippen molar-refractivity contribution in [3.63, 3.8) is 0 Å². The number of likely N-dealkylation sites (N-methyl/N-ethyl adjacent to an activating group) is 1. The highest BCUT2D eigenvalue weighted by Gasteiger charge is 2.18. The first-order valence-electron chi connectivity index (χ1n) is 11.7. The molecule has 2 N–H and O–H groups in total. The van der Waals surface area contributed by atoms with Crippen LogP contribution >= 0.6 is 0 Å². The van der Waals surface area contributed by atoms with Crippen LogP contribution in [0.5, 0.6) is 5.75 Å². The molecule has 10 heteroatoms. The van der Waals surface area contributed by atoms with E-state index in [1.54, 1.807) is 42.9 Å². The number of hydrogen-bond acceptors (Lipinski definition) is 7. The van der Waals surface area contributed by atoms with Crippen molar-refractivity contribution in [3.05, 3.63) is 72.9 Å². The zero-order chi connectivity index (χ0) is 25.4. The van der Waals surface area contributed by atoms with E-state index in [1.165, 1.54) is 6.07 Å². The lowest BCUT2D eigenvalue weighted by atomic mass is 10.1. The second kappa shape index (κ2) is 9.40. The van der Waals surface area contributed by atoms with Crippen molar-refractivity contribution in [1.82, 2.24) is 40.0 Å². The number of benzene rings is 1. The average Bonchev–Trinajstić information content (AvgIpc) is 3.52. The van der Waals surface area contributed by atoms with E-state index in [4.69, 9.17) is 14.7 Å². The third-order valence-corrected chi connectivity index (χ3v) is 5.98. The van der Waals surface area contributed by atoms with Crippen LogP contribution in [0.4, 0.5) is 4.39 Å². The van der Waals surface area contributed by atoms with E-state index >= 15 is 0 Å². The van der Waals surface area contributed by atoms with Crippen LogP contribution < -0.4 is 4.74 Å². The summed E-state index contributed by atoms with van der Waals surface area (Å²) in [6, 6.07) is 14.1. The van der Waals surface area contributed by atoms with E-state index in [0.717, 1.165) is 28.8 Å². The fourth-order valence-corrected chi connectivity index (χ4v) is 4.11. The average molecular weight is 495 g/mol. The van der Waals surface area contributed by atoms with Crippen molar-refractivity contribution < 1.29 is 9.13 Å². The second-order valence-corrected chi connectivity index (χ2v) is 8.85. The number of halogens is 1. The molecule has 0 radical (unpaired) electrons. The van der Waals surface area contributed by atoms with Crippen LogP contribution in [-0.4, -0.2) is 67.3 Å². The molecule has 0 saturated carbocycles. The van der Waals surface area contributed by atoms with Crippen LogP contribution in [0.3, 0.4) is 0 Å². The molecule has 0 amide bonds. The summed E-state index contributed by atoms with van der Waals surface area (Å²) in [6.45, 7) is 1.37. The van der Waals surface area contributed by atoms with Gasteiger partial charge in [0, 0.05) is 30.1 Å². The van der Waals surface area contributed by atoms with Crippen LogP contribution in [0.2, 0.25) is 0 Å². The zero-order valence-corrected chi connectivity index (χ0v) is 20.2. The highest BCUT2D eigenvalue weighted by atomic mass is 19.1. The van der Waals surface area contributed by atoms with E-state index in [2.05, 4.69) is 30.0 Å². The molecule has 5 aromatic heterocycles. The molecule has 6 aromatic rings. The van der Waals surface area contributed by atoms with Gasteiger partial charge in [-0.15, -0.1) is 0 Å². The molecule has 0 aliphatic rings. The van der Waals surface area contributed by atoms with Crippen molar-refractivity contribution in [2.24, 2.45) is 0 Å². The number of pyridine rings is 3. The minimum Gasteiger partial charge on any atom is -0.491 e. The Morgan fingerprint density at radius 2 is 1.81 bits per heavy atom. The van der Waals surface area contributed by atoms with E-state index < -0.39 is 0 Å². The normalized spacial score (nSPS) is 11.6. The van der Waals surface area contributed by atoms with Gasteiger partial charge < -0.3 is 14.6 Å². The van der Waals surface area contributed by atoms with Gasteiger partial charge in [-0.1, -0.05) is 12.1 Å². The predicted octanol–water partition coefficient (Wildman–Crippen LogP) is 4.70. The van der Waals surface area contributed by atoms with Gasteiger partial charge in [0.1, 0.15) is 34.9 Å². The summed E-state index contributed by atoms with van der Waals surface area (Å²) in [4.78, 5) is 23.7. The van der Waals surface area contributed by atoms with Crippen molar-refractivity contribution in [3.8, 4) is 39.8 Å². The zero-order valence-electron chi connectivity index (χ0n) is 20.2. The Labute approximate surface area is 211 Å². The standard InChI is InChI=1S/C27H23FN8O/c1-36(2)11-12-37-17-13-16(14-29-15-17)20-7-8-22-25(31-20)26(35-34-22)27-32-21-9-10-30-23(24(21)33-27)18-5-3-4-6-19(18)28/h3-10,13-15H,11-12H2,1-2H3,(H,32,33)(H,34,35). The van der Waals surface area contributed by atoms with Crippen LogP contribution in [-0.2, 0) is 0 Å². The Kier molecular flexibility index (Phi) is 5.78. The molecular formula is C27H23FN8O. The molecule has 0 atom stereocenters. The summed E-state index contributed by atoms with van der Waals surface area (Å²) in [7, 11) is 4.00. The fourth-order valence-electron chi connectivity index (χ4n) is 4.11. The Balaban J connectivity index is 1.39. The number of nitrogens with zero attached hydrogens (tertiary/aromatic N) is 6. The molecule has 6 rings (SSSR count). The molecule has 0 bridgehead atoms. The molecular weight excluding hydrogens is 471 g/mol. The number of H-pyrrole nitrogens is 2. The molecule has 0 aliphatic carbocycles. The monoisotopic (exact) mass is 494 g/mol. The van der Waals surface area contributed by atoms with Gasteiger partial charge in [0.05, 0.1) is 22.9 Å². The number of aromatic amines is 2. The maximum absolute atomic E-state index is 14.5. The van der Waals surface area contributed by atoms with Crippen LogP contribution in [0, 0.1) is 5.82 Å². The number of fused-ring (bicyclic) bond motifs is 2. The molecule has 0 unspecified atom stereocenters. The van der Waals surface area contributed by atoms with Gasteiger partial charge in [-0.3, -0.25) is 15.1 Å². The fraction of sp³-hybridized carbons (Fsp3) is 0.148. The smallest absolute Gasteiger partial charge is 0.161 e. The van der Waals surface area contributed by atoms with Crippen molar-refractivity contribution in [2.45, 2.75) is 0 Å². The Morgan fingerprint density at radius 3 is 2.68 bits per heavy atom. The number of rotatable bonds is 7. The van der Waals surface area contributed by atoms with E-state index in [1.807, 2.05) is 32.3 Å². The number of ether oxygens (including phenoxy) is 1. The first-order valence-corrected chi connectivity index (χ1v) is 11.7. The minimum atomic E-state index is -0.356. The van der Waals surface area contributed by atoms with Gasteiger partial charge in [-0.2, -0.15) is 5.10 Å². The summed E-state index contributed by atoms with van der Waals surface area (Å²) in [5, 5.41) is 7.49. The van der Waals surface area contributed by atoms with Crippen molar-refractivity contribution >= 4 is 22.1 Å². The Bertz CT molecular complexity index is 1720. The van der Waals surface area contributed by atoms with Gasteiger partial charge in [0.25, 0.3) is 0 Å². The van der Waals surface area contributed by atoms with Crippen molar-refractivity contribution in [1.29, 1.82) is 0 Å². The first-order chi connectivity index (χ1) is 18.1. The van der Waals surface area contributed by atoms with Crippen LogP contribution in [0.25, 0.3) is 56.1 Å². The summed E-state index contributed by atoms with van der Waals surface area (Å²) >= 11 is 0. The summed E-state index contributed by atoms with van der Waals surface area (Å²) in [5.74, 6) is 0.833. The largest absolute Gasteiger partial charge is 0.491 e. The molecule has 9 nitrogen and oxygen atoms in total. The topological polar surface area (TPSA) is 109 Å². The highest BCUT2D eigenvalue weighted by molar-refractivity contribution is 5.95. The summed E-state index contributed by atoms with van der Waals surface area (Å²) in [6.07, 6.45) is 5.07. The second-order valence-electron chi connectivity index (χ2n) is 8.85. The number of imidazole rings is 1. The number of hydrogen-bond donors (Lipinski definition) is 2. The lowest BCUT2D eigenvalue weighted by Crippen LogP contribution is -2.19. The molecule has 184 valence electrons. The van der Waals surface area contributed by atoms with E-state index in [-0.39, 0.29) is 5.82 Å². The van der Waals surface area contributed by atoms with Gasteiger partial charge >= 0.3 is 0 Å². The summed E-state index contributed by atoms with van der Waals surface area (Å²) < 4.78 is 20.3. The number of aromatic nitrogens is 7. The lowest BCUT2D eigenvalue weighted by molar-refractivity contribution is 0.261. The summed E-state index contributed by atoms with van der Waals surface area (Å²) in [5.41, 5.74) is 5.65. The predicted molar refractivity (Wildman–Crippen MR) is 139 cm³/mol. The highest BCUT2D eigenvalue weighted by Crippen LogP contribution is 2.31. The minimum absolute atomic E-state index is 0.356. The molecule has 0 saturated heterocycles. The molecule has 0 aliphatic heterocycles. The SMILES string of the molecule is CN(C)CCOc1cncc(-c2ccc3[nH]nc(-c4nc5c(-c6ccccc6F)nccc5[nH]4)c3n2)c1. The van der Waals surface area contributed by atoms with Crippen molar-refractivity contribution in [2.75, 3.05) is 27.2 Å². The maximum Gasteiger partial charge on any atom is 0.161 e. The van der Waals surface area contributed by atoms with Gasteiger partial charge in [0.2, 0.25) is 0 Å². The maximum atomic E-state index is 14.5. The van der Waals surface area contributed by atoms with E-state index in [9.17, 15) is 4.39 Å². The number of nitrogens with one attached hydrogen (secondary N) is 2. The van der Waals surface area contributed by atoms with Gasteiger partial charge in [-0.25, -0.2) is 14.4 Å². The van der Waals surface area contributed by atoms with E-state index in [0.29, 0.717) is 46.2 Å². The first kappa shape index (κ1) is 22.7. The third kappa shape index (κ3) is 4.38. The van der Waals surface area contributed by atoms with Crippen LogP contribution in [0.1, 0.15) is 0 Å². The quantitative estimate of drug-likeness (QED) is 0.331.